The summed E-state index contributed by atoms with van der Waals surface area (Å²) in [5.41, 5.74) is 4.73. The third-order valence-corrected chi connectivity index (χ3v) is 7.17. The Morgan fingerprint density at radius 2 is 1.42 bits per heavy atom. The van der Waals surface area contributed by atoms with Gasteiger partial charge in [-0.1, -0.05) is 60.7 Å². The van der Waals surface area contributed by atoms with Crippen LogP contribution in [0.1, 0.15) is 40.5 Å². The fourth-order valence-corrected chi connectivity index (χ4v) is 5.76. The normalized spacial score (nSPS) is 20.3. The molecule has 0 aliphatic heterocycles. The predicted octanol–water partition coefficient (Wildman–Crippen LogP) is 3.10. The Morgan fingerprint density at radius 1 is 0.848 bits per heavy atom. The van der Waals surface area contributed by atoms with Crippen molar-refractivity contribution in [3.63, 3.8) is 0 Å². The van der Waals surface area contributed by atoms with Gasteiger partial charge >= 0.3 is 0 Å². The van der Waals surface area contributed by atoms with Gasteiger partial charge in [-0.2, -0.15) is 0 Å². The highest BCUT2D eigenvalue weighted by atomic mass is 16.2. The number of hydrogen-bond donors (Lipinski definition) is 2. The van der Waals surface area contributed by atoms with Crippen LogP contribution in [-0.4, -0.2) is 22.2 Å². The number of aromatic nitrogens is 2. The minimum Gasteiger partial charge on any atom is -0.354 e. The van der Waals surface area contributed by atoms with Crippen LogP contribution < -0.4 is 16.4 Å². The van der Waals surface area contributed by atoms with Gasteiger partial charge in [-0.05, 0) is 46.7 Å². The molecule has 1 amide bonds. The molecule has 6 nitrogen and oxygen atoms in total. The van der Waals surface area contributed by atoms with Crippen LogP contribution in [0.3, 0.4) is 0 Å². The van der Waals surface area contributed by atoms with E-state index in [2.05, 4.69) is 58.9 Å². The average molecular weight is 437 g/mol. The van der Waals surface area contributed by atoms with Crippen LogP contribution in [0.25, 0.3) is 10.8 Å². The van der Waals surface area contributed by atoms with Gasteiger partial charge in [0.05, 0.1) is 10.8 Å². The number of nitrogens with one attached hydrogen (secondary N) is 2. The maximum Gasteiger partial charge on any atom is 0.273 e. The second-order valence-electron chi connectivity index (χ2n) is 8.97. The number of carbonyl (C=O) groups excluding carboxylic acids is 1. The molecule has 2 N–H and O–H groups in total. The standard InChI is InChI=1S/C27H23N3O3/c31-24(15-30-27(33)22-12-6-5-11-21(22)26(32)29-30)28-14-16-13-23-17-7-1-3-9-19(17)25(16)20-10-4-2-8-18(20)23/h1-12,16,23,25H,13-15H2,(H,28,31)(H,29,32). The van der Waals surface area contributed by atoms with E-state index in [1.165, 1.54) is 22.3 Å². The van der Waals surface area contributed by atoms with Crippen LogP contribution in [0, 0.1) is 5.92 Å². The second-order valence-corrected chi connectivity index (χ2v) is 8.97. The van der Waals surface area contributed by atoms with Gasteiger partial charge in [0.15, 0.2) is 0 Å². The summed E-state index contributed by atoms with van der Waals surface area (Å²) in [7, 11) is 0. The Bertz CT molecular complexity index is 1470. The Hall–Kier alpha value is -3.93. The van der Waals surface area contributed by atoms with E-state index in [4.69, 9.17) is 0 Å². The van der Waals surface area contributed by atoms with Crippen LogP contribution in [0.15, 0.2) is 82.4 Å². The maximum atomic E-state index is 12.8. The van der Waals surface area contributed by atoms with Crippen molar-refractivity contribution in [1.29, 1.82) is 0 Å². The quantitative estimate of drug-likeness (QED) is 0.515. The molecule has 0 radical (unpaired) electrons. The lowest BCUT2D eigenvalue weighted by molar-refractivity contribution is -0.122. The highest BCUT2D eigenvalue weighted by Crippen LogP contribution is 2.55. The molecule has 3 aliphatic rings. The first-order chi connectivity index (χ1) is 16.1. The lowest BCUT2D eigenvalue weighted by Gasteiger charge is -2.45. The molecule has 0 spiro atoms. The van der Waals surface area contributed by atoms with E-state index >= 15 is 0 Å². The van der Waals surface area contributed by atoms with Crippen molar-refractivity contribution in [3.05, 3.63) is 116 Å². The third-order valence-electron chi connectivity index (χ3n) is 7.17. The maximum absolute atomic E-state index is 12.8. The summed E-state index contributed by atoms with van der Waals surface area (Å²) in [6.07, 6.45) is 0.978. The van der Waals surface area contributed by atoms with Crippen molar-refractivity contribution in [3.8, 4) is 0 Å². The van der Waals surface area contributed by atoms with Crippen LogP contribution in [-0.2, 0) is 11.3 Å². The highest BCUT2D eigenvalue weighted by molar-refractivity contribution is 5.81. The first-order valence-electron chi connectivity index (χ1n) is 11.3. The van der Waals surface area contributed by atoms with E-state index in [-0.39, 0.29) is 35.4 Å². The van der Waals surface area contributed by atoms with Gasteiger partial charge in [0.25, 0.3) is 11.1 Å². The van der Waals surface area contributed by atoms with Crippen LogP contribution >= 0.6 is 0 Å². The van der Waals surface area contributed by atoms with Crippen molar-refractivity contribution in [2.45, 2.75) is 24.8 Å². The molecule has 2 bridgehead atoms. The summed E-state index contributed by atoms with van der Waals surface area (Å²) in [6.45, 7) is 0.308. The first kappa shape index (κ1) is 19.7. The molecule has 1 atom stereocenters. The molecule has 3 aliphatic carbocycles. The van der Waals surface area contributed by atoms with Crippen LogP contribution in [0.5, 0.6) is 0 Å². The Kier molecular flexibility index (Phi) is 4.54. The topological polar surface area (TPSA) is 84.0 Å². The van der Waals surface area contributed by atoms with Crippen LogP contribution in [0.4, 0.5) is 0 Å². The minimum absolute atomic E-state index is 0.215. The number of aromatic amines is 1. The molecule has 3 aromatic carbocycles. The first-order valence-corrected chi connectivity index (χ1v) is 11.3. The van der Waals surface area contributed by atoms with Crippen molar-refractivity contribution >= 4 is 16.7 Å². The Labute approximate surface area is 189 Å². The van der Waals surface area contributed by atoms with Crippen molar-refractivity contribution in [2.75, 3.05) is 6.54 Å². The van der Waals surface area contributed by atoms with Crippen molar-refractivity contribution < 1.29 is 4.79 Å². The number of fused-ring (bicyclic) bond motifs is 2. The Morgan fingerprint density at radius 3 is 2.09 bits per heavy atom. The van der Waals surface area contributed by atoms with E-state index in [0.29, 0.717) is 23.2 Å². The van der Waals surface area contributed by atoms with Gasteiger partial charge in [-0.3, -0.25) is 19.5 Å². The van der Waals surface area contributed by atoms with Gasteiger partial charge in [0.2, 0.25) is 5.91 Å². The lowest BCUT2D eigenvalue weighted by Crippen LogP contribution is -2.42. The monoisotopic (exact) mass is 437 g/mol. The smallest absolute Gasteiger partial charge is 0.273 e. The second kappa shape index (κ2) is 7.59. The fraction of sp³-hybridized carbons (Fsp3) is 0.222. The summed E-state index contributed by atoms with van der Waals surface area (Å²) in [6, 6.07) is 23.8. The number of amides is 1. The number of hydrogen-bond acceptors (Lipinski definition) is 3. The number of nitrogens with zero attached hydrogens (tertiary/aromatic N) is 1. The zero-order chi connectivity index (χ0) is 22.5. The molecule has 1 heterocycles. The molecular weight excluding hydrogens is 414 g/mol. The van der Waals surface area contributed by atoms with Gasteiger partial charge in [0, 0.05) is 18.4 Å². The van der Waals surface area contributed by atoms with Gasteiger partial charge in [-0.25, -0.2) is 4.68 Å². The predicted molar refractivity (Wildman–Crippen MR) is 127 cm³/mol. The van der Waals surface area contributed by atoms with Crippen molar-refractivity contribution in [2.24, 2.45) is 5.92 Å². The number of H-pyrrole nitrogens is 1. The van der Waals surface area contributed by atoms with E-state index in [0.717, 1.165) is 11.1 Å². The molecule has 4 aromatic rings. The minimum atomic E-state index is -0.379. The summed E-state index contributed by atoms with van der Waals surface area (Å²) in [5, 5.41) is 6.19. The summed E-state index contributed by atoms with van der Waals surface area (Å²) in [4.78, 5) is 37.8. The summed E-state index contributed by atoms with van der Waals surface area (Å²) >= 11 is 0. The molecule has 0 fully saturated rings. The molecule has 1 unspecified atom stereocenters. The fourth-order valence-electron chi connectivity index (χ4n) is 5.76. The largest absolute Gasteiger partial charge is 0.354 e. The molecule has 7 rings (SSSR count). The average Bonchev–Trinajstić information content (AvgIpc) is 2.86. The van der Waals surface area contributed by atoms with E-state index < -0.39 is 0 Å². The van der Waals surface area contributed by atoms with Crippen molar-refractivity contribution in [1.82, 2.24) is 15.1 Å². The molecule has 33 heavy (non-hydrogen) atoms. The molecule has 0 saturated carbocycles. The number of benzene rings is 3. The number of rotatable bonds is 4. The van der Waals surface area contributed by atoms with E-state index in [1.807, 2.05) is 0 Å². The van der Waals surface area contributed by atoms with Gasteiger partial charge in [0.1, 0.15) is 6.54 Å². The zero-order valence-corrected chi connectivity index (χ0v) is 18.0. The third kappa shape index (κ3) is 3.13. The SMILES string of the molecule is O=C(Cn1[nH]c(=O)c2ccccc2c1=O)NCC1CC2c3ccccc3C1c1ccccc12. The zero-order valence-electron chi connectivity index (χ0n) is 18.0. The molecule has 6 heteroatoms. The summed E-state index contributed by atoms with van der Waals surface area (Å²) < 4.78 is 1.09. The number of carbonyl (C=O) groups is 1. The highest BCUT2D eigenvalue weighted by Gasteiger charge is 2.42. The molecule has 164 valence electrons. The van der Waals surface area contributed by atoms with Gasteiger partial charge < -0.3 is 5.32 Å². The molecular formula is C27H23N3O3. The van der Waals surface area contributed by atoms with Crippen LogP contribution in [0.2, 0.25) is 0 Å². The molecule has 1 aromatic heterocycles. The van der Waals surface area contributed by atoms with E-state index in [1.54, 1.807) is 24.3 Å². The lowest BCUT2D eigenvalue weighted by atomic mass is 9.59. The Balaban J connectivity index is 1.24. The van der Waals surface area contributed by atoms with E-state index in [9.17, 15) is 14.4 Å². The summed E-state index contributed by atoms with van der Waals surface area (Å²) in [5.74, 6) is 0.567. The molecule has 0 saturated heterocycles. The van der Waals surface area contributed by atoms with Gasteiger partial charge in [-0.15, -0.1) is 0 Å².